The van der Waals surface area contributed by atoms with Crippen LogP contribution in [0.5, 0.6) is 0 Å². The fourth-order valence-electron chi connectivity index (χ4n) is 4.03. The van der Waals surface area contributed by atoms with E-state index in [9.17, 15) is 17.6 Å². The summed E-state index contributed by atoms with van der Waals surface area (Å²) in [5.74, 6) is -0.686. The zero-order valence-electron chi connectivity index (χ0n) is 19.2. The summed E-state index contributed by atoms with van der Waals surface area (Å²) < 4.78 is 41.4. The maximum atomic E-state index is 13.4. The van der Waals surface area contributed by atoms with Crippen LogP contribution in [0.25, 0.3) is 0 Å². The van der Waals surface area contributed by atoms with E-state index in [0.717, 1.165) is 18.7 Å². The number of nitriles is 1. The smallest absolute Gasteiger partial charge is 0.261 e. The normalized spacial score (nSPS) is 14.2. The highest BCUT2D eigenvalue weighted by atomic mass is 32.2. The highest BCUT2D eigenvalue weighted by Crippen LogP contribution is 2.22. The van der Waals surface area contributed by atoms with E-state index in [4.69, 9.17) is 5.26 Å². The Morgan fingerprint density at radius 3 is 2.37 bits per heavy atom. The minimum atomic E-state index is -3.96. The Hall–Kier alpha value is -3.90. The number of halogens is 1. The van der Waals surface area contributed by atoms with Gasteiger partial charge in [-0.25, -0.2) is 12.8 Å². The van der Waals surface area contributed by atoms with Gasteiger partial charge in [-0.05, 0) is 79.6 Å². The lowest BCUT2D eigenvalue weighted by molar-refractivity contribution is 0.0766. The van der Waals surface area contributed by atoms with E-state index in [0.29, 0.717) is 36.3 Å². The highest BCUT2D eigenvalue weighted by Gasteiger charge is 2.24. The summed E-state index contributed by atoms with van der Waals surface area (Å²) in [6.45, 7) is 4.21. The van der Waals surface area contributed by atoms with Crippen molar-refractivity contribution in [3.8, 4) is 6.07 Å². The molecule has 0 spiro atoms. The number of aryl methyl sites for hydroxylation is 1. The van der Waals surface area contributed by atoms with Gasteiger partial charge < -0.3 is 9.80 Å². The molecule has 180 valence electrons. The lowest BCUT2D eigenvalue weighted by Crippen LogP contribution is -2.35. The standard InChI is InChI=1S/C26H25FN4O3S/c1-19-3-12-24(35(33,34)29-22-8-6-21(27)7-9-22)17-25(19)26(32)31-14-2-13-30(15-16-31)23-10-4-20(18-28)5-11-23/h3-12,17,29H,2,13-16H2,1H3. The Balaban J connectivity index is 1.50. The summed E-state index contributed by atoms with van der Waals surface area (Å²) in [4.78, 5) is 17.3. The predicted molar refractivity (Wildman–Crippen MR) is 132 cm³/mol. The van der Waals surface area contributed by atoms with Gasteiger partial charge in [-0.2, -0.15) is 5.26 Å². The number of amides is 1. The van der Waals surface area contributed by atoms with Crippen molar-refractivity contribution < 1.29 is 17.6 Å². The number of nitrogens with one attached hydrogen (secondary N) is 1. The Bertz CT molecular complexity index is 1370. The minimum Gasteiger partial charge on any atom is -0.370 e. The number of anilines is 2. The first-order valence-electron chi connectivity index (χ1n) is 11.2. The van der Waals surface area contributed by atoms with Gasteiger partial charge in [-0.15, -0.1) is 0 Å². The van der Waals surface area contributed by atoms with E-state index in [1.807, 2.05) is 12.1 Å². The second kappa shape index (κ2) is 10.2. The molecular formula is C26H25FN4O3S. The molecule has 0 saturated carbocycles. The largest absolute Gasteiger partial charge is 0.370 e. The molecule has 0 aromatic heterocycles. The van der Waals surface area contributed by atoms with Crippen molar-refractivity contribution in [2.24, 2.45) is 0 Å². The zero-order chi connectivity index (χ0) is 25.0. The van der Waals surface area contributed by atoms with Crippen LogP contribution in [-0.4, -0.2) is 45.4 Å². The minimum absolute atomic E-state index is 0.0372. The van der Waals surface area contributed by atoms with E-state index in [1.54, 1.807) is 30.0 Å². The van der Waals surface area contributed by atoms with E-state index in [1.165, 1.54) is 36.4 Å². The molecule has 7 nitrogen and oxygen atoms in total. The van der Waals surface area contributed by atoms with Crippen LogP contribution in [0.1, 0.15) is 27.9 Å². The van der Waals surface area contributed by atoms with Crippen LogP contribution in [0.2, 0.25) is 0 Å². The Morgan fingerprint density at radius 1 is 0.971 bits per heavy atom. The average Bonchev–Trinajstić information content (AvgIpc) is 3.11. The second-order valence-corrected chi connectivity index (χ2v) is 10.1. The first kappa shape index (κ1) is 24.2. The van der Waals surface area contributed by atoms with Crippen molar-refractivity contribution in [2.75, 3.05) is 35.8 Å². The molecule has 3 aromatic carbocycles. The third kappa shape index (κ3) is 5.61. The van der Waals surface area contributed by atoms with Gasteiger partial charge in [0.25, 0.3) is 15.9 Å². The number of rotatable bonds is 5. The second-order valence-electron chi connectivity index (χ2n) is 8.38. The van der Waals surface area contributed by atoms with E-state index < -0.39 is 15.8 Å². The fourth-order valence-corrected chi connectivity index (χ4v) is 5.11. The van der Waals surface area contributed by atoms with E-state index >= 15 is 0 Å². The molecule has 1 heterocycles. The van der Waals surface area contributed by atoms with E-state index in [-0.39, 0.29) is 16.5 Å². The first-order chi connectivity index (χ1) is 16.8. The topological polar surface area (TPSA) is 93.5 Å². The van der Waals surface area contributed by atoms with Crippen LogP contribution < -0.4 is 9.62 Å². The molecule has 0 radical (unpaired) electrons. The van der Waals surface area contributed by atoms with Gasteiger partial charge >= 0.3 is 0 Å². The highest BCUT2D eigenvalue weighted by molar-refractivity contribution is 7.92. The Labute approximate surface area is 204 Å². The van der Waals surface area contributed by atoms with Crippen LogP contribution >= 0.6 is 0 Å². The van der Waals surface area contributed by atoms with Crippen LogP contribution in [0.15, 0.2) is 71.6 Å². The van der Waals surface area contributed by atoms with Crippen molar-refractivity contribution in [3.05, 3.63) is 89.2 Å². The summed E-state index contributed by atoms with van der Waals surface area (Å²) in [6, 6.07) is 19.0. The quantitative estimate of drug-likeness (QED) is 0.577. The molecule has 1 aliphatic heterocycles. The number of sulfonamides is 1. The Morgan fingerprint density at radius 2 is 1.69 bits per heavy atom. The van der Waals surface area contributed by atoms with E-state index in [2.05, 4.69) is 15.7 Å². The molecule has 3 aromatic rings. The number of hydrogen-bond donors (Lipinski definition) is 1. The average molecular weight is 493 g/mol. The van der Waals surface area contributed by atoms with Crippen LogP contribution in [0, 0.1) is 24.1 Å². The third-order valence-corrected chi connectivity index (χ3v) is 7.37. The molecule has 0 aliphatic carbocycles. The first-order valence-corrected chi connectivity index (χ1v) is 12.7. The molecule has 1 saturated heterocycles. The number of carbonyl (C=O) groups excluding carboxylic acids is 1. The lowest BCUT2D eigenvalue weighted by Gasteiger charge is -2.24. The van der Waals surface area contributed by atoms with Gasteiger partial charge in [0.2, 0.25) is 0 Å². The fraction of sp³-hybridized carbons (Fsp3) is 0.231. The van der Waals surface area contributed by atoms with Gasteiger partial charge in [0.1, 0.15) is 5.82 Å². The molecule has 35 heavy (non-hydrogen) atoms. The summed E-state index contributed by atoms with van der Waals surface area (Å²) >= 11 is 0. The molecule has 1 amide bonds. The predicted octanol–water partition coefficient (Wildman–Crippen LogP) is 4.16. The molecule has 0 atom stereocenters. The molecule has 1 aliphatic rings. The summed E-state index contributed by atoms with van der Waals surface area (Å²) in [5.41, 5.74) is 2.84. The number of nitrogens with zero attached hydrogens (tertiary/aromatic N) is 3. The third-order valence-electron chi connectivity index (χ3n) is 5.99. The van der Waals surface area contributed by atoms with Crippen molar-refractivity contribution in [2.45, 2.75) is 18.2 Å². The SMILES string of the molecule is Cc1ccc(S(=O)(=O)Nc2ccc(F)cc2)cc1C(=O)N1CCCN(c2ccc(C#N)cc2)CC1. The number of carbonyl (C=O) groups is 1. The Kier molecular flexibility index (Phi) is 7.03. The lowest BCUT2D eigenvalue weighted by atomic mass is 10.1. The van der Waals surface area contributed by atoms with Gasteiger partial charge in [0, 0.05) is 43.1 Å². The maximum absolute atomic E-state index is 13.4. The summed E-state index contributed by atoms with van der Waals surface area (Å²) in [5, 5.41) is 9.00. The molecule has 4 rings (SSSR count). The number of hydrogen-bond acceptors (Lipinski definition) is 5. The van der Waals surface area contributed by atoms with Gasteiger partial charge in [0.05, 0.1) is 16.5 Å². The van der Waals surface area contributed by atoms with Crippen molar-refractivity contribution in [1.82, 2.24) is 4.90 Å². The van der Waals surface area contributed by atoms with Crippen LogP contribution in [0.4, 0.5) is 15.8 Å². The van der Waals surface area contributed by atoms with Crippen LogP contribution in [0.3, 0.4) is 0 Å². The molecule has 1 fully saturated rings. The maximum Gasteiger partial charge on any atom is 0.261 e. The monoisotopic (exact) mass is 492 g/mol. The molecular weight excluding hydrogens is 467 g/mol. The van der Waals surface area contributed by atoms with Crippen molar-refractivity contribution in [1.29, 1.82) is 5.26 Å². The summed E-state index contributed by atoms with van der Waals surface area (Å²) in [6.07, 6.45) is 0.759. The van der Waals surface area contributed by atoms with Gasteiger partial charge in [-0.3, -0.25) is 9.52 Å². The van der Waals surface area contributed by atoms with Gasteiger partial charge in [-0.1, -0.05) is 6.07 Å². The molecule has 9 heteroatoms. The van der Waals surface area contributed by atoms with Gasteiger partial charge in [0.15, 0.2) is 0 Å². The van der Waals surface area contributed by atoms with Crippen molar-refractivity contribution >= 4 is 27.3 Å². The molecule has 0 unspecified atom stereocenters. The van der Waals surface area contributed by atoms with Crippen molar-refractivity contribution in [3.63, 3.8) is 0 Å². The van der Waals surface area contributed by atoms with Crippen LogP contribution in [-0.2, 0) is 10.0 Å². The zero-order valence-corrected chi connectivity index (χ0v) is 20.1. The summed E-state index contributed by atoms with van der Waals surface area (Å²) in [7, 11) is -3.96. The molecule has 1 N–H and O–H groups in total. The number of benzene rings is 3. The molecule has 0 bridgehead atoms.